The molecule has 5 nitrogen and oxygen atoms in total. The number of hydrogen-bond donors (Lipinski definition) is 2. The van der Waals surface area contributed by atoms with Gasteiger partial charge < -0.3 is 15.4 Å². The number of amides is 2. The zero-order valence-corrected chi connectivity index (χ0v) is 16.5. The molecule has 1 unspecified atom stereocenters. The van der Waals surface area contributed by atoms with Gasteiger partial charge in [-0.15, -0.1) is 0 Å². The fourth-order valence-electron chi connectivity index (χ4n) is 3.10. The molecule has 0 spiro atoms. The molecule has 0 fully saturated rings. The van der Waals surface area contributed by atoms with Crippen molar-refractivity contribution in [1.29, 1.82) is 0 Å². The lowest BCUT2D eigenvalue weighted by Crippen LogP contribution is -2.39. The van der Waals surface area contributed by atoms with Gasteiger partial charge in [-0.05, 0) is 41.8 Å². The van der Waals surface area contributed by atoms with Crippen LogP contribution in [-0.2, 0) is 4.79 Å². The van der Waals surface area contributed by atoms with E-state index in [1.807, 2.05) is 73.7 Å². The summed E-state index contributed by atoms with van der Waals surface area (Å²) in [6, 6.07) is 24.2. The predicted octanol–water partition coefficient (Wildman–Crippen LogP) is 3.64. The van der Waals surface area contributed by atoms with E-state index in [2.05, 4.69) is 10.6 Å². The Morgan fingerprint density at radius 1 is 0.862 bits per heavy atom. The second-order valence-corrected chi connectivity index (χ2v) is 6.68. The molecule has 3 rings (SSSR count). The number of hydrogen-bond acceptors (Lipinski definition) is 3. The maximum Gasteiger partial charge on any atom is 0.251 e. The van der Waals surface area contributed by atoms with Gasteiger partial charge in [0.15, 0.2) is 0 Å². The van der Waals surface area contributed by atoms with Crippen LogP contribution in [0.25, 0.3) is 0 Å². The average Bonchev–Trinajstić information content (AvgIpc) is 2.77. The number of methoxy groups -OCH3 is 1. The van der Waals surface area contributed by atoms with Gasteiger partial charge in [0.25, 0.3) is 5.91 Å². The number of rotatable bonds is 7. The van der Waals surface area contributed by atoms with Crippen LogP contribution in [0.3, 0.4) is 0 Å². The van der Waals surface area contributed by atoms with Crippen molar-refractivity contribution in [3.8, 4) is 5.75 Å². The first-order valence-electron chi connectivity index (χ1n) is 9.40. The quantitative estimate of drug-likeness (QED) is 0.649. The van der Waals surface area contributed by atoms with Crippen LogP contribution in [0.5, 0.6) is 5.75 Å². The summed E-state index contributed by atoms with van der Waals surface area (Å²) in [5.74, 6) is 0.216. The van der Waals surface area contributed by atoms with E-state index >= 15 is 0 Å². The first kappa shape index (κ1) is 20.1. The summed E-state index contributed by atoms with van der Waals surface area (Å²) in [5.41, 5.74) is 3.31. The molecule has 1 atom stereocenters. The predicted molar refractivity (Wildman–Crippen MR) is 113 cm³/mol. The molecule has 0 aromatic heterocycles. The van der Waals surface area contributed by atoms with E-state index in [9.17, 15) is 9.59 Å². The number of ether oxygens (including phenoxy) is 1. The Morgan fingerprint density at radius 3 is 2.14 bits per heavy atom. The molecule has 148 valence electrons. The minimum atomic E-state index is -0.329. The van der Waals surface area contributed by atoms with E-state index < -0.39 is 0 Å². The highest BCUT2D eigenvalue weighted by atomic mass is 16.5. The van der Waals surface area contributed by atoms with E-state index in [1.54, 1.807) is 19.2 Å². The third-order valence-corrected chi connectivity index (χ3v) is 4.69. The number of carbonyl (C=O) groups is 2. The van der Waals surface area contributed by atoms with Crippen LogP contribution in [0.15, 0.2) is 78.9 Å². The number of carbonyl (C=O) groups excluding carboxylic acids is 2. The molecule has 2 N–H and O–H groups in total. The van der Waals surface area contributed by atoms with Crippen molar-refractivity contribution in [2.24, 2.45) is 0 Å². The molecular formula is C24H24N2O3. The molecule has 0 aliphatic carbocycles. The molecule has 0 aliphatic rings. The minimum absolute atomic E-state index is 0.105. The monoisotopic (exact) mass is 388 g/mol. The van der Waals surface area contributed by atoms with E-state index in [0.717, 1.165) is 22.4 Å². The summed E-state index contributed by atoms with van der Waals surface area (Å²) in [6.45, 7) is 1.76. The molecule has 2 amide bonds. The Labute approximate surface area is 170 Å². The zero-order valence-electron chi connectivity index (χ0n) is 16.5. The van der Waals surface area contributed by atoms with E-state index in [4.69, 9.17) is 4.74 Å². The van der Waals surface area contributed by atoms with Crippen molar-refractivity contribution >= 4 is 11.8 Å². The first-order chi connectivity index (χ1) is 14.1. The smallest absolute Gasteiger partial charge is 0.251 e. The Hall–Kier alpha value is -3.60. The third-order valence-electron chi connectivity index (χ3n) is 4.69. The topological polar surface area (TPSA) is 67.4 Å². The second-order valence-electron chi connectivity index (χ2n) is 6.68. The summed E-state index contributed by atoms with van der Waals surface area (Å²) in [4.78, 5) is 25.0. The van der Waals surface area contributed by atoms with Crippen LogP contribution in [0.4, 0.5) is 0 Å². The lowest BCUT2D eigenvalue weighted by atomic mass is 9.98. The lowest BCUT2D eigenvalue weighted by Gasteiger charge is -2.20. The highest BCUT2D eigenvalue weighted by Crippen LogP contribution is 2.24. The number of benzene rings is 3. The van der Waals surface area contributed by atoms with E-state index in [-0.39, 0.29) is 24.4 Å². The Morgan fingerprint density at radius 2 is 1.48 bits per heavy atom. The molecule has 0 saturated heterocycles. The number of aryl methyl sites for hydroxylation is 1. The Balaban J connectivity index is 1.71. The van der Waals surface area contributed by atoms with Crippen molar-refractivity contribution in [3.05, 3.63) is 101 Å². The summed E-state index contributed by atoms with van der Waals surface area (Å²) < 4.78 is 5.22. The molecule has 5 heteroatoms. The molecule has 3 aromatic carbocycles. The SMILES string of the molecule is COc1ccc(C(NC(=O)CNC(=O)c2ccccc2C)c2ccccc2)cc1. The minimum Gasteiger partial charge on any atom is -0.497 e. The van der Waals surface area contributed by atoms with E-state index in [0.29, 0.717) is 5.56 Å². The van der Waals surface area contributed by atoms with Crippen LogP contribution in [-0.4, -0.2) is 25.5 Å². The normalized spacial score (nSPS) is 11.4. The van der Waals surface area contributed by atoms with Crippen molar-refractivity contribution in [1.82, 2.24) is 10.6 Å². The molecule has 0 heterocycles. The molecule has 0 bridgehead atoms. The van der Waals surface area contributed by atoms with Crippen LogP contribution >= 0.6 is 0 Å². The summed E-state index contributed by atoms with van der Waals surface area (Å²) in [7, 11) is 1.61. The van der Waals surface area contributed by atoms with Gasteiger partial charge in [-0.1, -0.05) is 60.7 Å². The Kier molecular flexibility index (Phi) is 6.63. The maximum atomic E-state index is 12.6. The van der Waals surface area contributed by atoms with Crippen molar-refractivity contribution in [2.75, 3.05) is 13.7 Å². The van der Waals surface area contributed by atoms with Gasteiger partial charge in [-0.2, -0.15) is 0 Å². The lowest BCUT2D eigenvalue weighted by molar-refractivity contribution is -0.120. The van der Waals surface area contributed by atoms with Gasteiger partial charge >= 0.3 is 0 Å². The number of nitrogens with one attached hydrogen (secondary N) is 2. The summed E-state index contributed by atoms with van der Waals surface area (Å²) in [5, 5.41) is 5.71. The van der Waals surface area contributed by atoms with Crippen LogP contribution in [0, 0.1) is 6.92 Å². The fraction of sp³-hybridized carbons (Fsp3) is 0.167. The van der Waals surface area contributed by atoms with Gasteiger partial charge in [0.05, 0.1) is 19.7 Å². The molecule has 0 saturated carbocycles. The Bertz CT molecular complexity index is 969. The molecule has 0 aliphatic heterocycles. The van der Waals surface area contributed by atoms with Crippen LogP contribution < -0.4 is 15.4 Å². The van der Waals surface area contributed by atoms with Gasteiger partial charge in [0.1, 0.15) is 5.75 Å². The van der Waals surface area contributed by atoms with Gasteiger partial charge in [-0.3, -0.25) is 9.59 Å². The third kappa shape index (κ3) is 5.23. The van der Waals surface area contributed by atoms with Crippen LogP contribution in [0.1, 0.15) is 33.1 Å². The molecular weight excluding hydrogens is 364 g/mol. The highest BCUT2D eigenvalue weighted by Gasteiger charge is 2.18. The molecule has 29 heavy (non-hydrogen) atoms. The van der Waals surface area contributed by atoms with Crippen molar-refractivity contribution in [3.63, 3.8) is 0 Å². The molecule has 0 radical (unpaired) electrons. The first-order valence-corrected chi connectivity index (χ1v) is 9.40. The second kappa shape index (κ2) is 9.55. The molecule has 3 aromatic rings. The van der Waals surface area contributed by atoms with Crippen molar-refractivity contribution < 1.29 is 14.3 Å². The fourth-order valence-corrected chi connectivity index (χ4v) is 3.10. The highest BCUT2D eigenvalue weighted by molar-refractivity contribution is 5.97. The van der Waals surface area contributed by atoms with E-state index in [1.165, 1.54) is 0 Å². The standard InChI is InChI=1S/C24H24N2O3/c1-17-8-6-7-11-21(17)24(28)25-16-22(27)26-23(18-9-4-3-5-10-18)19-12-14-20(29-2)15-13-19/h3-15,23H,16H2,1-2H3,(H,25,28)(H,26,27). The summed E-state index contributed by atoms with van der Waals surface area (Å²) >= 11 is 0. The van der Waals surface area contributed by atoms with Gasteiger partial charge in [0.2, 0.25) is 5.91 Å². The average molecular weight is 388 g/mol. The zero-order chi connectivity index (χ0) is 20.6. The van der Waals surface area contributed by atoms with Crippen molar-refractivity contribution in [2.45, 2.75) is 13.0 Å². The maximum absolute atomic E-state index is 12.6. The van der Waals surface area contributed by atoms with Gasteiger partial charge in [0, 0.05) is 5.56 Å². The van der Waals surface area contributed by atoms with Crippen LogP contribution in [0.2, 0.25) is 0 Å². The van der Waals surface area contributed by atoms with Gasteiger partial charge in [-0.25, -0.2) is 0 Å². The largest absolute Gasteiger partial charge is 0.497 e. The summed E-state index contributed by atoms with van der Waals surface area (Å²) in [6.07, 6.45) is 0.